The molecule has 27 heavy (non-hydrogen) atoms. The van der Waals surface area contributed by atoms with Crippen LogP contribution in [-0.4, -0.2) is 55.2 Å². The number of thiazole rings is 1. The highest BCUT2D eigenvalue weighted by atomic mass is 32.2. The van der Waals surface area contributed by atoms with Gasteiger partial charge in [-0.1, -0.05) is 12.1 Å². The quantitative estimate of drug-likeness (QED) is 0.821. The van der Waals surface area contributed by atoms with E-state index in [9.17, 15) is 26.7 Å². The number of aliphatic hydroxyl groups is 1. The molecule has 3 rings (SSSR count). The first-order valence-electron chi connectivity index (χ1n) is 8.08. The molecule has 0 unspecified atom stereocenters. The van der Waals surface area contributed by atoms with Gasteiger partial charge in [0.2, 0.25) is 4.34 Å². The van der Waals surface area contributed by atoms with E-state index < -0.39 is 21.8 Å². The average Bonchev–Trinajstić information content (AvgIpc) is 3.16. The van der Waals surface area contributed by atoms with Gasteiger partial charge in [0.25, 0.3) is 10.0 Å². The number of anilines is 1. The number of nitrogens with zero attached hydrogens (tertiary/aromatic N) is 3. The second-order valence-corrected chi connectivity index (χ2v) is 9.31. The zero-order chi connectivity index (χ0) is 19.9. The number of rotatable bonds is 4. The van der Waals surface area contributed by atoms with Crippen LogP contribution in [0.5, 0.6) is 0 Å². The first-order chi connectivity index (χ1) is 12.5. The predicted molar refractivity (Wildman–Crippen MR) is 95.2 cm³/mol. The maximum atomic E-state index is 12.9. The smallest absolute Gasteiger partial charge is 0.376 e. The molecule has 0 amide bonds. The molecule has 6 nitrogen and oxygen atoms in total. The van der Waals surface area contributed by atoms with E-state index in [0.717, 1.165) is 11.3 Å². The lowest BCUT2D eigenvalue weighted by Crippen LogP contribution is -2.48. The molecule has 2 aromatic rings. The van der Waals surface area contributed by atoms with Gasteiger partial charge in [-0.3, -0.25) is 0 Å². The number of alkyl halides is 3. The summed E-state index contributed by atoms with van der Waals surface area (Å²) >= 11 is 1.06. The molecule has 1 aromatic carbocycles. The van der Waals surface area contributed by atoms with E-state index in [2.05, 4.69) is 4.98 Å². The fraction of sp³-hybridized carbons (Fsp3) is 0.438. The SMILES string of the molecule is C[C@@](O)(c1ccc(N2CCN(S(=O)(=O)c3nccs3)CC2)cc1)C(F)(F)F. The zero-order valence-corrected chi connectivity index (χ0v) is 16.0. The van der Waals surface area contributed by atoms with Gasteiger partial charge in [0.1, 0.15) is 0 Å². The number of benzene rings is 1. The number of hydrogen-bond donors (Lipinski definition) is 1. The van der Waals surface area contributed by atoms with Crippen molar-refractivity contribution in [3.63, 3.8) is 0 Å². The molecule has 1 aromatic heterocycles. The maximum Gasteiger partial charge on any atom is 0.421 e. The predicted octanol–water partition coefficient (Wildman–Crippen LogP) is 2.42. The molecule has 0 bridgehead atoms. The molecule has 0 aliphatic carbocycles. The van der Waals surface area contributed by atoms with Crippen LogP contribution in [0, 0.1) is 0 Å². The van der Waals surface area contributed by atoms with E-state index >= 15 is 0 Å². The Morgan fingerprint density at radius 1 is 1.11 bits per heavy atom. The summed E-state index contributed by atoms with van der Waals surface area (Å²) in [6.07, 6.45) is -3.34. The van der Waals surface area contributed by atoms with Crippen molar-refractivity contribution in [1.82, 2.24) is 9.29 Å². The number of sulfonamides is 1. The Balaban J connectivity index is 1.68. The molecule has 1 N–H and O–H groups in total. The molecular weight excluding hydrogens is 403 g/mol. The fourth-order valence-corrected chi connectivity index (χ4v) is 5.18. The van der Waals surface area contributed by atoms with Crippen LogP contribution in [0.25, 0.3) is 0 Å². The zero-order valence-electron chi connectivity index (χ0n) is 14.3. The summed E-state index contributed by atoms with van der Waals surface area (Å²) in [5.74, 6) is 0. The molecule has 1 atom stereocenters. The molecule has 1 fully saturated rings. The Bertz CT molecular complexity index is 874. The summed E-state index contributed by atoms with van der Waals surface area (Å²) in [5, 5.41) is 11.3. The van der Waals surface area contributed by atoms with Gasteiger partial charge in [-0.25, -0.2) is 13.4 Å². The Labute approximate surface area is 158 Å². The lowest BCUT2D eigenvalue weighted by atomic mass is 9.95. The van der Waals surface area contributed by atoms with E-state index in [0.29, 0.717) is 25.7 Å². The van der Waals surface area contributed by atoms with E-state index in [1.165, 1.54) is 34.8 Å². The lowest BCUT2D eigenvalue weighted by molar-refractivity contribution is -0.258. The van der Waals surface area contributed by atoms with Crippen LogP contribution in [0.1, 0.15) is 12.5 Å². The molecule has 1 saturated heterocycles. The second-order valence-electron chi connectivity index (χ2n) is 6.31. The standard InChI is InChI=1S/C16H18F3N3O3S2/c1-15(23,16(17,18)19)12-2-4-13(5-3-12)21-7-9-22(10-8-21)27(24,25)14-20-6-11-26-14/h2-6,11,23H,7-10H2,1H3/t15-/m1/s1. The molecular formula is C16H18F3N3O3S2. The monoisotopic (exact) mass is 421 g/mol. The van der Waals surface area contributed by atoms with Crippen LogP contribution < -0.4 is 4.90 Å². The van der Waals surface area contributed by atoms with Crippen molar-refractivity contribution in [3.8, 4) is 0 Å². The van der Waals surface area contributed by atoms with E-state index in [1.54, 1.807) is 5.38 Å². The van der Waals surface area contributed by atoms with Crippen molar-refractivity contribution in [2.45, 2.75) is 23.0 Å². The van der Waals surface area contributed by atoms with Crippen LogP contribution >= 0.6 is 11.3 Å². The normalized spacial score (nSPS) is 19.1. The second kappa shape index (κ2) is 7.04. The maximum absolute atomic E-state index is 12.9. The van der Waals surface area contributed by atoms with Crippen molar-refractivity contribution < 1.29 is 26.7 Å². The molecule has 0 saturated carbocycles. The first-order valence-corrected chi connectivity index (χ1v) is 10.4. The highest BCUT2D eigenvalue weighted by Gasteiger charge is 2.51. The molecule has 0 radical (unpaired) electrons. The first kappa shape index (κ1) is 20.1. The van der Waals surface area contributed by atoms with Crippen LogP contribution in [0.15, 0.2) is 40.2 Å². The third-order valence-corrected chi connectivity index (χ3v) is 7.63. The van der Waals surface area contributed by atoms with Crippen molar-refractivity contribution >= 4 is 27.0 Å². The Morgan fingerprint density at radius 2 is 1.70 bits per heavy atom. The molecule has 1 aliphatic rings. The Hall–Kier alpha value is -1.69. The summed E-state index contributed by atoms with van der Waals surface area (Å²) in [5.41, 5.74) is -2.50. The van der Waals surface area contributed by atoms with E-state index in [1.807, 2.05) is 4.90 Å². The molecule has 11 heteroatoms. The van der Waals surface area contributed by atoms with Crippen LogP contribution in [0.4, 0.5) is 18.9 Å². The Kier molecular flexibility index (Phi) is 5.23. The topological polar surface area (TPSA) is 73.7 Å². The van der Waals surface area contributed by atoms with Crippen molar-refractivity contribution in [1.29, 1.82) is 0 Å². The van der Waals surface area contributed by atoms with E-state index in [-0.39, 0.29) is 23.0 Å². The van der Waals surface area contributed by atoms with Gasteiger partial charge < -0.3 is 10.0 Å². The van der Waals surface area contributed by atoms with E-state index in [4.69, 9.17) is 0 Å². The van der Waals surface area contributed by atoms with Crippen LogP contribution in [-0.2, 0) is 15.6 Å². The van der Waals surface area contributed by atoms with Crippen molar-refractivity contribution in [2.75, 3.05) is 31.1 Å². The summed E-state index contributed by atoms with van der Waals surface area (Å²) < 4.78 is 65.1. The third kappa shape index (κ3) is 3.82. The van der Waals surface area contributed by atoms with Gasteiger partial charge in [0.15, 0.2) is 5.60 Å². The summed E-state index contributed by atoms with van der Waals surface area (Å²) in [7, 11) is -3.61. The lowest BCUT2D eigenvalue weighted by Gasteiger charge is -2.35. The van der Waals surface area contributed by atoms with Crippen molar-refractivity contribution in [2.24, 2.45) is 0 Å². The third-order valence-electron chi connectivity index (χ3n) is 4.56. The molecule has 0 spiro atoms. The number of hydrogen-bond acceptors (Lipinski definition) is 6. The summed E-state index contributed by atoms with van der Waals surface area (Å²) in [6.45, 7) is 2.03. The molecule has 2 heterocycles. The fourth-order valence-electron chi connectivity index (χ4n) is 2.80. The largest absolute Gasteiger partial charge is 0.421 e. The highest BCUT2D eigenvalue weighted by molar-refractivity contribution is 7.91. The number of aromatic nitrogens is 1. The molecule has 1 aliphatic heterocycles. The van der Waals surface area contributed by atoms with Gasteiger partial charge in [-0.05, 0) is 24.6 Å². The Morgan fingerprint density at radius 3 is 2.19 bits per heavy atom. The highest BCUT2D eigenvalue weighted by Crippen LogP contribution is 2.39. The number of halogens is 3. The van der Waals surface area contributed by atoms with Crippen LogP contribution in [0.2, 0.25) is 0 Å². The molecule has 148 valence electrons. The minimum absolute atomic E-state index is 0.0506. The van der Waals surface area contributed by atoms with Gasteiger partial charge >= 0.3 is 6.18 Å². The number of piperazine rings is 1. The van der Waals surface area contributed by atoms with Crippen molar-refractivity contribution in [3.05, 3.63) is 41.4 Å². The van der Waals surface area contributed by atoms with Gasteiger partial charge in [0, 0.05) is 43.4 Å². The van der Waals surface area contributed by atoms with Gasteiger partial charge in [-0.15, -0.1) is 11.3 Å². The minimum Gasteiger partial charge on any atom is -0.376 e. The average molecular weight is 421 g/mol. The minimum atomic E-state index is -4.77. The summed E-state index contributed by atoms with van der Waals surface area (Å²) in [4.78, 5) is 5.74. The van der Waals surface area contributed by atoms with Gasteiger partial charge in [0.05, 0.1) is 0 Å². The van der Waals surface area contributed by atoms with Gasteiger partial charge in [-0.2, -0.15) is 17.5 Å². The summed E-state index contributed by atoms with van der Waals surface area (Å²) in [6, 6.07) is 5.48. The van der Waals surface area contributed by atoms with Crippen LogP contribution in [0.3, 0.4) is 0 Å².